The summed E-state index contributed by atoms with van der Waals surface area (Å²) in [5, 5.41) is 9.43. The molecule has 230 valence electrons. The van der Waals surface area contributed by atoms with Crippen LogP contribution in [0.3, 0.4) is 0 Å². The summed E-state index contributed by atoms with van der Waals surface area (Å²) in [7, 11) is 2.22. The third-order valence-electron chi connectivity index (χ3n) is 7.05. The molecule has 1 aliphatic heterocycles. The van der Waals surface area contributed by atoms with Gasteiger partial charge in [-0.05, 0) is 102 Å². The molecule has 6 heteroatoms. The van der Waals surface area contributed by atoms with Gasteiger partial charge in [-0.25, -0.2) is 4.39 Å². The normalized spacial score (nSPS) is 12.8. The number of piperidine rings is 1. The standard InChI is InChI=1S/C18H25N3.C9H10FN.C4H10.C2H6.CH3N.CH4/c1-13-11-16-14(12-19-13)5-6-17(20-16)18(2,3)15-7-9-21(4)10-8-15;1-3-11-8-5-4-7(2)9(10)6-8;1-3-4-2;2*1-2;/h5-6,11-12,15H,7-10H2,1-4H3;3-6,11H,1H2,2H3;3-4H2,1-2H3;1-2H3;2H,1H2;1H4. The van der Waals surface area contributed by atoms with Crippen molar-refractivity contribution in [3.63, 3.8) is 0 Å². The Bertz CT molecular complexity index is 1120. The fraction of sp³-hybridized carbons (Fsp3) is 0.514. The van der Waals surface area contributed by atoms with Gasteiger partial charge in [0.1, 0.15) is 5.82 Å². The quantitative estimate of drug-likeness (QED) is 0.301. The van der Waals surface area contributed by atoms with Crippen LogP contribution in [-0.2, 0) is 5.41 Å². The van der Waals surface area contributed by atoms with E-state index in [2.05, 4.69) is 81.4 Å². The number of nitrogens with zero attached hydrogens (tertiary/aromatic N) is 3. The van der Waals surface area contributed by atoms with Gasteiger partial charge in [0.2, 0.25) is 0 Å². The first kappa shape index (κ1) is 40.0. The summed E-state index contributed by atoms with van der Waals surface area (Å²) in [6, 6.07) is 11.4. The maximum Gasteiger partial charge on any atom is 0.128 e. The molecule has 0 bridgehead atoms. The lowest BCUT2D eigenvalue weighted by atomic mass is 9.71. The minimum atomic E-state index is -0.197. The van der Waals surface area contributed by atoms with Crippen LogP contribution in [0.15, 0.2) is 55.4 Å². The Kier molecular flexibility index (Phi) is 21.1. The van der Waals surface area contributed by atoms with Gasteiger partial charge in [0.05, 0.1) is 5.52 Å². The molecule has 0 saturated carbocycles. The van der Waals surface area contributed by atoms with E-state index in [0.717, 1.165) is 22.3 Å². The van der Waals surface area contributed by atoms with Crippen molar-refractivity contribution in [3.05, 3.63) is 78.1 Å². The van der Waals surface area contributed by atoms with Crippen LogP contribution in [0.25, 0.3) is 10.9 Å². The minimum Gasteiger partial charge on any atom is -0.362 e. The maximum atomic E-state index is 12.8. The number of hydrogen-bond acceptors (Lipinski definition) is 5. The number of halogens is 1. The van der Waals surface area contributed by atoms with Crippen molar-refractivity contribution in [2.75, 3.05) is 25.5 Å². The summed E-state index contributed by atoms with van der Waals surface area (Å²) >= 11 is 0. The Morgan fingerprint density at radius 3 is 2.15 bits per heavy atom. The van der Waals surface area contributed by atoms with Gasteiger partial charge in [-0.1, -0.05) is 74.5 Å². The molecule has 41 heavy (non-hydrogen) atoms. The third-order valence-corrected chi connectivity index (χ3v) is 7.05. The van der Waals surface area contributed by atoms with E-state index < -0.39 is 0 Å². The van der Waals surface area contributed by atoms with Crippen LogP contribution >= 0.6 is 0 Å². The van der Waals surface area contributed by atoms with Crippen LogP contribution < -0.4 is 5.32 Å². The third kappa shape index (κ3) is 13.4. The number of anilines is 1. The van der Waals surface area contributed by atoms with E-state index >= 15 is 0 Å². The zero-order valence-corrected chi connectivity index (χ0v) is 26.6. The molecular formula is C35H58FN5. The van der Waals surface area contributed by atoms with Gasteiger partial charge in [0.25, 0.3) is 0 Å². The molecule has 0 unspecified atom stereocenters. The van der Waals surface area contributed by atoms with Crippen molar-refractivity contribution < 1.29 is 4.39 Å². The van der Waals surface area contributed by atoms with Crippen molar-refractivity contribution in [1.29, 1.82) is 5.41 Å². The van der Waals surface area contributed by atoms with Crippen molar-refractivity contribution >= 4 is 23.3 Å². The highest BCUT2D eigenvalue weighted by Crippen LogP contribution is 2.37. The summed E-state index contributed by atoms with van der Waals surface area (Å²) in [6.07, 6.45) is 8.60. The largest absolute Gasteiger partial charge is 0.362 e. The second-order valence-corrected chi connectivity index (χ2v) is 10.3. The Balaban J connectivity index is 0. The highest BCUT2D eigenvalue weighted by atomic mass is 19.1. The zero-order valence-electron chi connectivity index (χ0n) is 26.6. The lowest BCUT2D eigenvalue weighted by molar-refractivity contribution is 0.161. The van der Waals surface area contributed by atoms with E-state index in [1.807, 2.05) is 27.0 Å². The van der Waals surface area contributed by atoms with E-state index in [4.69, 9.17) is 10.4 Å². The molecule has 5 nitrogen and oxygen atoms in total. The summed E-state index contributed by atoms with van der Waals surface area (Å²) in [4.78, 5) is 11.7. The molecule has 3 aromatic rings. The second kappa shape index (κ2) is 21.6. The summed E-state index contributed by atoms with van der Waals surface area (Å²) in [5.41, 5.74) is 4.83. The van der Waals surface area contributed by atoms with Gasteiger partial charge in [-0.15, -0.1) is 0 Å². The monoisotopic (exact) mass is 567 g/mol. The predicted molar refractivity (Wildman–Crippen MR) is 181 cm³/mol. The molecule has 0 radical (unpaired) electrons. The molecule has 0 amide bonds. The van der Waals surface area contributed by atoms with Gasteiger partial charge < -0.3 is 15.6 Å². The fourth-order valence-corrected chi connectivity index (χ4v) is 4.22. The number of aryl methyl sites for hydroxylation is 2. The molecule has 0 atom stereocenters. The number of benzene rings is 1. The van der Waals surface area contributed by atoms with Crippen molar-refractivity contribution in [1.82, 2.24) is 14.9 Å². The number of fused-ring (bicyclic) bond motifs is 1. The van der Waals surface area contributed by atoms with Gasteiger partial charge in [-0.3, -0.25) is 9.97 Å². The number of unbranched alkanes of at least 4 members (excludes halogenated alkanes) is 1. The Morgan fingerprint density at radius 2 is 1.63 bits per heavy atom. The lowest BCUT2D eigenvalue weighted by Gasteiger charge is -2.39. The van der Waals surface area contributed by atoms with Crippen LogP contribution in [0.5, 0.6) is 0 Å². The lowest BCUT2D eigenvalue weighted by Crippen LogP contribution is -2.39. The molecular weight excluding hydrogens is 509 g/mol. The number of hydrogen-bond donors (Lipinski definition) is 2. The summed E-state index contributed by atoms with van der Waals surface area (Å²) in [5.74, 6) is 0.512. The number of nitrogens with one attached hydrogen (secondary N) is 2. The van der Waals surface area contributed by atoms with Crippen LogP contribution in [0.2, 0.25) is 0 Å². The Morgan fingerprint density at radius 1 is 1.05 bits per heavy atom. The molecule has 0 spiro atoms. The SMILES string of the molecule is C.C=CNc1ccc(C)c(F)c1.C=N.CC.CCCC.Cc1cc2nc(C(C)(C)C3CCN(C)CC3)ccc2cn1. The molecule has 1 fully saturated rings. The second-order valence-electron chi connectivity index (χ2n) is 10.3. The molecule has 1 saturated heterocycles. The molecule has 2 N–H and O–H groups in total. The first-order valence-corrected chi connectivity index (χ1v) is 14.5. The Labute approximate surface area is 251 Å². The molecule has 1 aromatic carbocycles. The molecule has 3 heterocycles. The van der Waals surface area contributed by atoms with E-state index in [-0.39, 0.29) is 18.7 Å². The van der Waals surface area contributed by atoms with Gasteiger partial charge in [0.15, 0.2) is 0 Å². The van der Waals surface area contributed by atoms with E-state index in [0.29, 0.717) is 11.5 Å². The first-order valence-electron chi connectivity index (χ1n) is 14.5. The molecule has 0 aliphatic carbocycles. The molecule has 2 aromatic heterocycles. The number of aromatic nitrogens is 2. The molecule has 1 aliphatic rings. The van der Waals surface area contributed by atoms with Crippen molar-refractivity contribution in [3.8, 4) is 0 Å². The van der Waals surface area contributed by atoms with Crippen LogP contribution in [0, 0.1) is 31.0 Å². The summed E-state index contributed by atoms with van der Waals surface area (Å²) in [6.45, 7) is 25.2. The van der Waals surface area contributed by atoms with E-state index in [1.165, 1.54) is 56.7 Å². The number of pyridine rings is 2. The number of likely N-dealkylation sites (tertiary alicyclic amines) is 1. The first-order chi connectivity index (χ1) is 19.1. The zero-order chi connectivity index (χ0) is 30.7. The fourth-order valence-electron chi connectivity index (χ4n) is 4.22. The molecule has 4 rings (SSSR count). The maximum absolute atomic E-state index is 12.8. The average Bonchev–Trinajstić information content (AvgIpc) is 2.97. The van der Waals surface area contributed by atoms with Gasteiger partial charge in [-0.2, -0.15) is 0 Å². The highest BCUT2D eigenvalue weighted by Gasteiger charge is 2.34. The highest BCUT2D eigenvalue weighted by molar-refractivity contribution is 5.78. The summed E-state index contributed by atoms with van der Waals surface area (Å²) < 4.78 is 12.8. The average molecular weight is 568 g/mol. The van der Waals surface area contributed by atoms with E-state index in [1.54, 1.807) is 19.1 Å². The number of rotatable bonds is 5. The van der Waals surface area contributed by atoms with E-state index in [9.17, 15) is 4.39 Å². The predicted octanol–water partition coefficient (Wildman–Crippen LogP) is 9.98. The Hall–Kier alpha value is -3.12. The van der Waals surface area contributed by atoms with Gasteiger partial charge in [0, 0.05) is 34.1 Å². The van der Waals surface area contributed by atoms with Crippen molar-refractivity contribution in [2.24, 2.45) is 5.92 Å². The van der Waals surface area contributed by atoms with Crippen molar-refractivity contribution in [2.45, 2.75) is 93.9 Å². The smallest absolute Gasteiger partial charge is 0.128 e. The van der Waals surface area contributed by atoms with Crippen LogP contribution in [-0.4, -0.2) is 41.7 Å². The van der Waals surface area contributed by atoms with Gasteiger partial charge >= 0.3 is 0 Å². The van der Waals surface area contributed by atoms with Crippen LogP contribution in [0.4, 0.5) is 10.1 Å². The topological polar surface area (TPSA) is 64.9 Å². The van der Waals surface area contributed by atoms with Crippen LogP contribution in [0.1, 0.15) is 91.6 Å². The minimum absolute atomic E-state index is 0.